The lowest BCUT2D eigenvalue weighted by atomic mass is 9.76. The fraction of sp³-hybridized carbons (Fsp3) is 0.571. The molecule has 94 valence electrons. The Hall–Kier alpha value is -0.410. The van der Waals surface area contributed by atoms with Crippen LogP contribution in [0.1, 0.15) is 38.2 Å². The highest BCUT2D eigenvalue weighted by atomic mass is 79.9. The minimum atomic E-state index is -0.707. The second kappa shape index (κ2) is 5.07. The summed E-state index contributed by atoms with van der Waals surface area (Å²) in [4.78, 5) is 0. The molecule has 1 saturated carbocycles. The van der Waals surface area contributed by atoms with Gasteiger partial charge < -0.3 is 5.11 Å². The zero-order chi connectivity index (χ0) is 12.5. The largest absolute Gasteiger partial charge is 0.390 e. The fourth-order valence-electron chi connectivity index (χ4n) is 2.50. The monoisotopic (exact) mass is 300 g/mol. The Kier molecular flexibility index (Phi) is 3.88. The Morgan fingerprint density at radius 2 is 2.06 bits per heavy atom. The maximum atomic E-state index is 13.7. The van der Waals surface area contributed by atoms with Gasteiger partial charge in [-0.1, -0.05) is 28.9 Å². The molecule has 0 spiro atoms. The number of rotatable bonds is 2. The smallest absolute Gasteiger partial charge is 0.127 e. The number of benzene rings is 1. The summed E-state index contributed by atoms with van der Waals surface area (Å²) in [6, 6.07) is 5.05. The third-order valence-electron chi connectivity index (χ3n) is 3.74. The second-order valence-electron chi connectivity index (χ2n) is 5.32. The van der Waals surface area contributed by atoms with Crippen molar-refractivity contribution in [2.75, 3.05) is 0 Å². The van der Waals surface area contributed by atoms with E-state index >= 15 is 0 Å². The molecule has 0 unspecified atom stereocenters. The van der Waals surface area contributed by atoms with Crippen molar-refractivity contribution < 1.29 is 9.50 Å². The average molecular weight is 301 g/mol. The van der Waals surface area contributed by atoms with E-state index in [1.165, 1.54) is 6.07 Å². The Morgan fingerprint density at radius 1 is 1.41 bits per heavy atom. The van der Waals surface area contributed by atoms with Gasteiger partial charge in [-0.2, -0.15) is 0 Å². The second-order valence-corrected chi connectivity index (χ2v) is 6.24. The highest BCUT2D eigenvalue weighted by Crippen LogP contribution is 2.34. The van der Waals surface area contributed by atoms with Gasteiger partial charge in [0.1, 0.15) is 5.82 Å². The Balaban J connectivity index is 2.09. The fourth-order valence-corrected chi connectivity index (χ4v) is 2.83. The van der Waals surface area contributed by atoms with Crippen LogP contribution in [0.15, 0.2) is 22.7 Å². The van der Waals surface area contributed by atoms with E-state index in [2.05, 4.69) is 22.9 Å². The molecule has 2 rings (SSSR count). The van der Waals surface area contributed by atoms with Crippen LogP contribution >= 0.6 is 15.9 Å². The van der Waals surface area contributed by atoms with Gasteiger partial charge in [0, 0.05) is 10.9 Å². The van der Waals surface area contributed by atoms with Crippen LogP contribution in [-0.4, -0.2) is 10.7 Å². The lowest BCUT2D eigenvalue weighted by Crippen LogP contribution is -2.36. The molecule has 3 heteroatoms. The SMILES string of the molecule is CC1CCC(O)(Cc2ccc(Br)cc2F)CC1. The zero-order valence-electron chi connectivity index (χ0n) is 10.0. The third-order valence-corrected chi connectivity index (χ3v) is 4.23. The summed E-state index contributed by atoms with van der Waals surface area (Å²) in [5.74, 6) is 0.455. The number of aliphatic hydroxyl groups is 1. The van der Waals surface area contributed by atoms with Gasteiger partial charge in [-0.25, -0.2) is 4.39 Å². The number of halogens is 2. The first-order valence-corrected chi connectivity index (χ1v) is 6.94. The molecule has 0 radical (unpaired) electrons. The highest BCUT2D eigenvalue weighted by Gasteiger charge is 2.32. The van der Waals surface area contributed by atoms with Crippen LogP contribution in [0.4, 0.5) is 4.39 Å². The molecule has 17 heavy (non-hydrogen) atoms. The first-order valence-electron chi connectivity index (χ1n) is 6.15. The van der Waals surface area contributed by atoms with Gasteiger partial charge >= 0.3 is 0 Å². The van der Waals surface area contributed by atoms with E-state index in [-0.39, 0.29) is 5.82 Å². The predicted molar refractivity (Wildman–Crippen MR) is 70.4 cm³/mol. The Labute approximate surface area is 110 Å². The van der Waals surface area contributed by atoms with E-state index in [1.807, 2.05) is 6.07 Å². The van der Waals surface area contributed by atoms with Gasteiger partial charge in [0.15, 0.2) is 0 Å². The lowest BCUT2D eigenvalue weighted by molar-refractivity contribution is -0.00731. The molecule has 0 amide bonds. The summed E-state index contributed by atoms with van der Waals surface area (Å²) < 4.78 is 14.4. The van der Waals surface area contributed by atoms with Gasteiger partial charge in [0.05, 0.1) is 5.60 Å². The van der Waals surface area contributed by atoms with E-state index in [4.69, 9.17) is 0 Å². The molecule has 1 N–H and O–H groups in total. The first-order chi connectivity index (χ1) is 7.98. The molecular weight excluding hydrogens is 283 g/mol. The van der Waals surface area contributed by atoms with Crippen molar-refractivity contribution in [2.24, 2.45) is 5.92 Å². The molecule has 0 aliphatic heterocycles. The molecule has 0 aromatic heterocycles. The van der Waals surface area contributed by atoms with E-state index < -0.39 is 5.60 Å². The van der Waals surface area contributed by atoms with Crippen molar-refractivity contribution >= 4 is 15.9 Å². The number of hydrogen-bond donors (Lipinski definition) is 1. The molecule has 0 bridgehead atoms. The van der Waals surface area contributed by atoms with Gasteiger partial charge in [-0.05, 0) is 49.3 Å². The van der Waals surface area contributed by atoms with Crippen LogP contribution in [0, 0.1) is 11.7 Å². The van der Waals surface area contributed by atoms with Crippen molar-refractivity contribution in [3.05, 3.63) is 34.1 Å². The third kappa shape index (κ3) is 3.29. The van der Waals surface area contributed by atoms with E-state index in [9.17, 15) is 9.50 Å². The molecule has 0 heterocycles. The van der Waals surface area contributed by atoms with Crippen LogP contribution < -0.4 is 0 Å². The topological polar surface area (TPSA) is 20.2 Å². The van der Waals surface area contributed by atoms with Crippen molar-refractivity contribution in [1.82, 2.24) is 0 Å². The predicted octanol–water partition coefficient (Wildman–Crippen LogP) is 4.07. The van der Waals surface area contributed by atoms with Gasteiger partial charge in [-0.3, -0.25) is 0 Å². The summed E-state index contributed by atoms with van der Waals surface area (Å²) in [6.45, 7) is 2.21. The molecule has 1 fully saturated rings. The van der Waals surface area contributed by atoms with Gasteiger partial charge in [-0.15, -0.1) is 0 Å². The summed E-state index contributed by atoms with van der Waals surface area (Å²) in [5.41, 5.74) is -0.0912. The molecule has 1 nitrogen and oxygen atoms in total. The van der Waals surface area contributed by atoms with Crippen LogP contribution in [-0.2, 0) is 6.42 Å². The molecular formula is C14H18BrFO. The normalized spacial score (nSPS) is 29.3. The van der Waals surface area contributed by atoms with E-state index in [0.717, 1.165) is 30.2 Å². The molecule has 0 saturated heterocycles. The van der Waals surface area contributed by atoms with Crippen molar-refractivity contribution in [1.29, 1.82) is 0 Å². The summed E-state index contributed by atoms with van der Waals surface area (Å²) >= 11 is 3.24. The first kappa shape index (κ1) is 13.0. The van der Waals surface area contributed by atoms with Crippen molar-refractivity contribution in [3.63, 3.8) is 0 Å². The number of hydrogen-bond acceptors (Lipinski definition) is 1. The summed E-state index contributed by atoms with van der Waals surface area (Å²) in [7, 11) is 0. The Morgan fingerprint density at radius 3 is 2.65 bits per heavy atom. The summed E-state index contributed by atoms with van der Waals surface area (Å²) in [6.07, 6.45) is 4.06. The summed E-state index contributed by atoms with van der Waals surface area (Å²) in [5, 5.41) is 10.5. The van der Waals surface area contributed by atoms with E-state index in [1.54, 1.807) is 6.07 Å². The molecule has 1 aromatic carbocycles. The maximum absolute atomic E-state index is 13.7. The molecule has 1 aliphatic carbocycles. The van der Waals surface area contributed by atoms with Crippen molar-refractivity contribution in [3.8, 4) is 0 Å². The van der Waals surface area contributed by atoms with Crippen LogP contribution in [0.25, 0.3) is 0 Å². The van der Waals surface area contributed by atoms with Crippen LogP contribution in [0.3, 0.4) is 0 Å². The van der Waals surface area contributed by atoms with E-state index in [0.29, 0.717) is 17.9 Å². The lowest BCUT2D eigenvalue weighted by Gasteiger charge is -2.35. The highest BCUT2D eigenvalue weighted by molar-refractivity contribution is 9.10. The molecule has 0 atom stereocenters. The molecule has 1 aliphatic rings. The van der Waals surface area contributed by atoms with Crippen LogP contribution in [0.2, 0.25) is 0 Å². The molecule has 1 aromatic rings. The maximum Gasteiger partial charge on any atom is 0.127 e. The Bertz CT molecular complexity index is 397. The zero-order valence-corrected chi connectivity index (χ0v) is 11.6. The average Bonchev–Trinajstić information content (AvgIpc) is 2.27. The standard InChI is InChI=1S/C14H18BrFO/c1-10-4-6-14(17,7-5-10)9-11-2-3-12(15)8-13(11)16/h2-3,8,10,17H,4-7,9H2,1H3. The van der Waals surface area contributed by atoms with Gasteiger partial charge in [0.2, 0.25) is 0 Å². The van der Waals surface area contributed by atoms with Crippen molar-refractivity contribution in [2.45, 2.75) is 44.6 Å². The van der Waals surface area contributed by atoms with Gasteiger partial charge in [0.25, 0.3) is 0 Å². The quantitative estimate of drug-likeness (QED) is 0.873. The minimum Gasteiger partial charge on any atom is -0.390 e. The van der Waals surface area contributed by atoms with Crippen LogP contribution in [0.5, 0.6) is 0 Å². The minimum absolute atomic E-state index is 0.230.